The van der Waals surface area contributed by atoms with E-state index in [9.17, 15) is 14.0 Å². The van der Waals surface area contributed by atoms with Crippen LogP contribution in [0.15, 0.2) is 22.7 Å². The third kappa shape index (κ3) is 5.01. The highest BCUT2D eigenvalue weighted by atomic mass is 79.9. The Morgan fingerprint density at radius 1 is 1.29 bits per heavy atom. The molecule has 24 heavy (non-hydrogen) atoms. The standard InChI is InChI=1S/C17H22BrFN2O3/c1-17(2,3)16(23)24-21-8-6-11(7-9-21)15(22)20-14-5-4-12(19)10-13(14)18/h4-5,10-11H,6-9H2,1-3H3,(H,20,22). The van der Waals surface area contributed by atoms with Gasteiger partial charge in [0.2, 0.25) is 5.91 Å². The van der Waals surface area contributed by atoms with Crippen LogP contribution < -0.4 is 5.32 Å². The van der Waals surface area contributed by atoms with Crippen molar-refractivity contribution in [1.82, 2.24) is 5.06 Å². The lowest BCUT2D eigenvalue weighted by molar-refractivity contribution is -0.205. The Morgan fingerprint density at radius 2 is 1.92 bits per heavy atom. The summed E-state index contributed by atoms with van der Waals surface area (Å²) in [6.07, 6.45) is 1.20. The Morgan fingerprint density at radius 3 is 2.46 bits per heavy atom. The number of piperidine rings is 1. The van der Waals surface area contributed by atoms with Crippen LogP contribution in [-0.4, -0.2) is 30.0 Å². The van der Waals surface area contributed by atoms with Gasteiger partial charge in [0.25, 0.3) is 0 Å². The van der Waals surface area contributed by atoms with Crippen molar-refractivity contribution >= 4 is 33.5 Å². The molecular weight excluding hydrogens is 379 g/mol. The van der Waals surface area contributed by atoms with Crippen molar-refractivity contribution in [2.45, 2.75) is 33.6 Å². The van der Waals surface area contributed by atoms with Gasteiger partial charge in [-0.1, -0.05) is 0 Å². The van der Waals surface area contributed by atoms with E-state index in [0.29, 0.717) is 36.1 Å². The molecule has 1 saturated heterocycles. The van der Waals surface area contributed by atoms with Crippen molar-refractivity contribution in [1.29, 1.82) is 0 Å². The summed E-state index contributed by atoms with van der Waals surface area (Å²) in [7, 11) is 0. The summed E-state index contributed by atoms with van der Waals surface area (Å²) in [6.45, 7) is 6.44. The SMILES string of the molecule is CC(C)(C)C(=O)ON1CCC(C(=O)Nc2ccc(F)cc2Br)CC1. The fourth-order valence-electron chi connectivity index (χ4n) is 2.29. The first-order valence-corrected chi connectivity index (χ1v) is 8.69. The van der Waals surface area contributed by atoms with Gasteiger partial charge in [0.15, 0.2) is 0 Å². The van der Waals surface area contributed by atoms with Crippen LogP contribution in [0.3, 0.4) is 0 Å². The number of hydroxylamine groups is 2. The molecule has 0 spiro atoms. The van der Waals surface area contributed by atoms with Crippen LogP contribution in [0.2, 0.25) is 0 Å². The molecule has 5 nitrogen and oxygen atoms in total. The number of hydrogen-bond donors (Lipinski definition) is 1. The quantitative estimate of drug-likeness (QED) is 0.839. The minimum absolute atomic E-state index is 0.107. The number of halogens is 2. The molecule has 0 aliphatic carbocycles. The van der Waals surface area contributed by atoms with Crippen LogP contribution in [0.1, 0.15) is 33.6 Å². The van der Waals surface area contributed by atoms with Crippen molar-refractivity contribution in [3.8, 4) is 0 Å². The molecule has 2 rings (SSSR count). The lowest BCUT2D eigenvalue weighted by Crippen LogP contribution is -2.41. The van der Waals surface area contributed by atoms with Gasteiger partial charge in [-0.15, -0.1) is 5.06 Å². The normalized spacial score (nSPS) is 16.7. The van der Waals surface area contributed by atoms with E-state index in [1.165, 1.54) is 18.2 Å². The first-order valence-electron chi connectivity index (χ1n) is 7.90. The van der Waals surface area contributed by atoms with E-state index in [0.717, 1.165) is 0 Å². The molecular formula is C17H22BrFN2O3. The molecule has 0 bridgehead atoms. The molecule has 0 radical (unpaired) electrons. The zero-order valence-electron chi connectivity index (χ0n) is 14.1. The molecule has 1 heterocycles. The molecule has 0 aromatic heterocycles. The third-order valence-electron chi connectivity index (χ3n) is 3.84. The van der Waals surface area contributed by atoms with Gasteiger partial charge in [-0.3, -0.25) is 4.79 Å². The number of carbonyl (C=O) groups is 2. The lowest BCUT2D eigenvalue weighted by Gasteiger charge is -2.31. The summed E-state index contributed by atoms with van der Waals surface area (Å²) in [5.41, 5.74) is -0.00806. The van der Waals surface area contributed by atoms with Gasteiger partial charge in [0, 0.05) is 23.5 Å². The van der Waals surface area contributed by atoms with Crippen LogP contribution in [0, 0.1) is 17.2 Å². The Hall–Kier alpha value is -1.47. The molecule has 1 N–H and O–H groups in total. The number of amides is 1. The van der Waals surface area contributed by atoms with Crippen LogP contribution in [0.25, 0.3) is 0 Å². The third-order valence-corrected chi connectivity index (χ3v) is 4.49. The Bertz CT molecular complexity index is 623. The minimum atomic E-state index is -0.552. The molecule has 0 saturated carbocycles. The highest BCUT2D eigenvalue weighted by Crippen LogP contribution is 2.26. The zero-order valence-corrected chi connectivity index (χ0v) is 15.7. The van der Waals surface area contributed by atoms with Gasteiger partial charge in [0.05, 0.1) is 11.1 Å². The molecule has 1 aromatic carbocycles. The smallest absolute Gasteiger partial charge is 0.330 e. The highest BCUT2D eigenvalue weighted by Gasteiger charge is 2.30. The molecule has 0 atom stereocenters. The summed E-state index contributed by atoms with van der Waals surface area (Å²) >= 11 is 3.23. The fraction of sp³-hybridized carbons (Fsp3) is 0.529. The second-order valence-electron chi connectivity index (χ2n) is 6.95. The maximum atomic E-state index is 13.1. The van der Waals surface area contributed by atoms with Gasteiger partial charge in [0.1, 0.15) is 5.82 Å². The van der Waals surface area contributed by atoms with Crippen molar-refractivity contribution in [3.05, 3.63) is 28.5 Å². The predicted octanol–water partition coefficient (Wildman–Crippen LogP) is 3.74. The topological polar surface area (TPSA) is 58.6 Å². The summed E-state index contributed by atoms with van der Waals surface area (Å²) in [4.78, 5) is 29.6. The summed E-state index contributed by atoms with van der Waals surface area (Å²) in [6, 6.07) is 4.14. The van der Waals surface area contributed by atoms with E-state index in [1.807, 2.05) is 0 Å². The first-order chi connectivity index (χ1) is 11.2. The van der Waals surface area contributed by atoms with Crippen LogP contribution in [-0.2, 0) is 14.4 Å². The van der Waals surface area contributed by atoms with Gasteiger partial charge >= 0.3 is 5.97 Å². The second kappa shape index (κ2) is 7.61. The number of carbonyl (C=O) groups excluding carboxylic acids is 2. The predicted molar refractivity (Wildman–Crippen MR) is 92.6 cm³/mol. The molecule has 1 amide bonds. The van der Waals surface area contributed by atoms with E-state index < -0.39 is 5.41 Å². The van der Waals surface area contributed by atoms with Gasteiger partial charge in [-0.2, -0.15) is 0 Å². The van der Waals surface area contributed by atoms with E-state index in [2.05, 4.69) is 21.2 Å². The molecule has 132 valence electrons. The zero-order chi connectivity index (χ0) is 17.9. The Kier molecular flexibility index (Phi) is 5.98. The fourth-order valence-corrected chi connectivity index (χ4v) is 2.74. The molecule has 1 aliphatic heterocycles. The Balaban J connectivity index is 1.85. The molecule has 0 unspecified atom stereocenters. The summed E-state index contributed by atoms with van der Waals surface area (Å²) in [5, 5.41) is 4.42. The molecule has 7 heteroatoms. The first kappa shape index (κ1) is 18.9. The molecule has 1 aliphatic rings. The van der Waals surface area contributed by atoms with Crippen molar-refractivity contribution < 1.29 is 18.8 Å². The van der Waals surface area contributed by atoms with Crippen molar-refractivity contribution in [2.24, 2.45) is 11.3 Å². The maximum absolute atomic E-state index is 13.1. The highest BCUT2D eigenvalue weighted by molar-refractivity contribution is 9.10. The number of hydrogen-bond acceptors (Lipinski definition) is 4. The minimum Gasteiger partial charge on any atom is -0.367 e. The van der Waals surface area contributed by atoms with Crippen LogP contribution >= 0.6 is 15.9 Å². The van der Waals surface area contributed by atoms with Crippen molar-refractivity contribution in [3.63, 3.8) is 0 Å². The van der Waals surface area contributed by atoms with Crippen LogP contribution in [0.4, 0.5) is 10.1 Å². The number of anilines is 1. The van der Waals surface area contributed by atoms with Gasteiger partial charge in [-0.05, 0) is 67.7 Å². The average molecular weight is 401 g/mol. The van der Waals surface area contributed by atoms with E-state index in [4.69, 9.17) is 4.84 Å². The Labute approximate surface area is 149 Å². The summed E-state index contributed by atoms with van der Waals surface area (Å²) in [5.74, 6) is -0.912. The van der Waals surface area contributed by atoms with E-state index >= 15 is 0 Å². The second-order valence-corrected chi connectivity index (χ2v) is 7.80. The maximum Gasteiger partial charge on any atom is 0.330 e. The molecule has 1 fully saturated rings. The van der Waals surface area contributed by atoms with Gasteiger partial charge in [-0.25, -0.2) is 9.18 Å². The lowest BCUT2D eigenvalue weighted by atomic mass is 9.96. The number of nitrogens with one attached hydrogen (secondary N) is 1. The van der Waals surface area contributed by atoms with Crippen molar-refractivity contribution in [2.75, 3.05) is 18.4 Å². The van der Waals surface area contributed by atoms with E-state index in [-0.39, 0.29) is 23.6 Å². The average Bonchev–Trinajstić information content (AvgIpc) is 2.49. The van der Waals surface area contributed by atoms with Crippen LogP contribution in [0.5, 0.6) is 0 Å². The number of rotatable bonds is 3. The largest absolute Gasteiger partial charge is 0.367 e. The number of benzene rings is 1. The van der Waals surface area contributed by atoms with E-state index in [1.54, 1.807) is 25.8 Å². The summed E-state index contributed by atoms with van der Waals surface area (Å²) < 4.78 is 13.6. The monoisotopic (exact) mass is 400 g/mol. The number of nitrogens with zero attached hydrogens (tertiary/aromatic N) is 1. The molecule has 1 aromatic rings. The van der Waals surface area contributed by atoms with Gasteiger partial charge < -0.3 is 10.2 Å².